The van der Waals surface area contributed by atoms with Crippen molar-refractivity contribution in [2.75, 3.05) is 13.7 Å². The highest BCUT2D eigenvalue weighted by Gasteiger charge is 2.24. The summed E-state index contributed by atoms with van der Waals surface area (Å²) in [7, 11) is 1.68. The minimum atomic E-state index is 0.316. The first-order valence-electron chi connectivity index (χ1n) is 6.57. The van der Waals surface area contributed by atoms with E-state index in [1.165, 1.54) is 31.2 Å². The summed E-state index contributed by atoms with van der Waals surface area (Å²) in [6.45, 7) is 0.316. The van der Waals surface area contributed by atoms with Crippen LogP contribution >= 0.6 is 0 Å². The Morgan fingerprint density at radius 2 is 1.88 bits per heavy atom. The quantitative estimate of drug-likeness (QED) is 0.848. The average Bonchev–Trinajstić information content (AvgIpc) is 2.90. The second-order valence-electron chi connectivity index (χ2n) is 5.04. The third-order valence-electron chi connectivity index (χ3n) is 3.96. The largest absolute Gasteiger partial charge is 0.497 e. The van der Waals surface area contributed by atoms with Crippen molar-refractivity contribution in [3.63, 3.8) is 0 Å². The lowest BCUT2D eigenvalue weighted by molar-refractivity contribution is 0.175. The fourth-order valence-corrected chi connectivity index (χ4v) is 2.87. The third kappa shape index (κ3) is 3.22. The number of benzene rings is 1. The van der Waals surface area contributed by atoms with Crippen molar-refractivity contribution in [1.29, 1.82) is 0 Å². The Morgan fingerprint density at radius 1 is 1.24 bits per heavy atom. The first-order chi connectivity index (χ1) is 8.33. The predicted octanol–water partition coefficient (Wildman–Crippen LogP) is 3.04. The van der Waals surface area contributed by atoms with Gasteiger partial charge >= 0.3 is 0 Å². The molecule has 1 aromatic rings. The summed E-state index contributed by atoms with van der Waals surface area (Å²) in [4.78, 5) is 0. The smallest absolute Gasteiger partial charge is 0.118 e. The van der Waals surface area contributed by atoms with Crippen LogP contribution in [0.4, 0.5) is 0 Å². The molecule has 0 radical (unpaired) electrons. The molecule has 2 heteroatoms. The molecule has 17 heavy (non-hydrogen) atoms. The van der Waals surface area contributed by atoms with E-state index in [2.05, 4.69) is 12.1 Å². The lowest BCUT2D eigenvalue weighted by Crippen LogP contribution is -2.18. The van der Waals surface area contributed by atoms with E-state index in [1.54, 1.807) is 7.11 Å². The van der Waals surface area contributed by atoms with Gasteiger partial charge < -0.3 is 9.84 Å². The molecule has 0 heterocycles. The van der Waals surface area contributed by atoms with Crippen LogP contribution in [0.1, 0.15) is 31.2 Å². The molecule has 1 fully saturated rings. The van der Waals surface area contributed by atoms with Gasteiger partial charge in [0, 0.05) is 6.61 Å². The first kappa shape index (κ1) is 12.4. The number of ether oxygens (including phenoxy) is 1. The Balaban J connectivity index is 1.96. The minimum absolute atomic E-state index is 0.316. The molecule has 94 valence electrons. The van der Waals surface area contributed by atoms with Gasteiger partial charge in [-0.2, -0.15) is 0 Å². The second-order valence-corrected chi connectivity index (χ2v) is 5.04. The molecular weight excluding hydrogens is 212 g/mol. The van der Waals surface area contributed by atoms with E-state index in [9.17, 15) is 5.11 Å². The number of aliphatic hydroxyl groups excluding tert-OH is 1. The van der Waals surface area contributed by atoms with Crippen molar-refractivity contribution in [1.82, 2.24) is 0 Å². The summed E-state index contributed by atoms with van der Waals surface area (Å²) in [6.07, 6.45) is 6.25. The highest BCUT2D eigenvalue weighted by Crippen LogP contribution is 2.33. The first-order valence-corrected chi connectivity index (χ1v) is 6.57. The van der Waals surface area contributed by atoms with E-state index in [0.717, 1.165) is 18.1 Å². The zero-order valence-electron chi connectivity index (χ0n) is 10.6. The number of methoxy groups -OCH3 is 1. The lowest BCUT2D eigenvalue weighted by atomic mass is 9.86. The molecule has 2 rings (SSSR count). The molecule has 1 aromatic carbocycles. The highest BCUT2D eigenvalue weighted by molar-refractivity contribution is 5.27. The van der Waals surface area contributed by atoms with E-state index in [-0.39, 0.29) is 0 Å². The summed E-state index contributed by atoms with van der Waals surface area (Å²) >= 11 is 0. The summed E-state index contributed by atoms with van der Waals surface area (Å²) < 4.78 is 5.15. The van der Waals surface area contributed by atoms with Crippen LogP contribution in [0.15, 0.2) is 24.3 Å². The molecule has 1 aliphatic rings. The van der Waals surface area contributed by atoms with Crippen molar-refractivity contribution in [3.8, 4) is 5.75 Å². The minimum Gasteiger partial charge on any atom is -0.497 e. The molecule has 0 bridgehead atoms. The number of rotatable bonds is 5. The molecule has 2 nitrogen and oxygen atoms in total. The van der Waals surface area contributed by atoms with E-state index >= 15 is 0 Å². The van der Waals surface area contributed by atoms with E-state index in [0.29, 0.717) is 12.5 Å². The maximum Gasteiger partial charge on any atom is 0.118 e. The van der Waals surface area contributed by atoms with Crippen LogP contribution in [0.25, 0.3) is 0 Å². The highest BCUT2D eigenvalue weighted by atomic mass is 16.5. The second kappa shape index (κ2) is 6.06. The number of aliphatic hydroxyl groups is 1. The fraction of sp³-hybridized carbons (Fsp3) is 0.600. The van der Waals surface area contributed by atoms with E-state index in [1.807, 2.05) is 12.1 Å². The van der Waals surface area contributed by atoms with Gasteiger partial charge in [0.2, 0.25) is 0 Å². The molecule has 1 N–H and O–H groups in total. The van der Waals surface area contributed by atoms with Gasteiger partial charge in [0.25, 0.3) is 0 Å². The van der Waals surface area contributed by atoms with Crippen molar-refractivity contribution in [2.24, 2.45) is 11.8 Å². The molecule has 1 atom stereocenters. The van der Waals surface area contributed by atoms with Gasteiger partial charge in [-0.1, -0.05) is 37.8 Å². The summed E-state index contributed by atoms with van der Waals surface area (Å²) in [5.41, 5.74) is 1.30. The number of hydrogen-bond acceptors (Lipinski definition) is 2. The normalized spacial score (nSPS) is 18.2. The van der Waals surface area contributed by atoms with Gasteiger partial charge in [-0.25, -0.2) is 0 Å². The Bertz CT molecular complexity index is 325. The van der Waals surface area contributed by atoms with Gasteiger partial charge in [0.1, 0.15) is 5.75 Å². The van der Waals surface area contributed by atoms with Crippen LogP contribution < -0.4 is 4.74 Å². The Labute approximate surface area is 104 Å². The third-order valence-corrected chi connectivity index (χ3v) is 3.96. The SMILES string of the molecule is COc1ccc(CC(CO)C2CCCC2)cc1. The maximum atomic E-state index is 9.52. The molecule has 1 unspecified atom stereocenters. The van der Waals surface area contributed by atoms with Crippen molar-refractivity contribution in [2.45, 2.75) is 32.1 Å². The zero-order valence-corrected chi connectivity index (χ0v) is 10.6. The van der Waals surface area contributed by atoms with Crippen LogP contribution in [0.5, 0.6) is 5.75 Å². The van der Waals surface area contributed by atoms with Gasteiger partial charge in [0.15, 0.2) is 0 Å². The van der Waals surface area contributed by atoms with Gasteiger partial charge in [-0.05, 0) is 36.0 Å². The molecule has 0 aromatic heterocycles. The van der Waals surface area contributed by atoms with Gasteiger partial charge in [-0.3, -0.25) is 0 Å². The van der Waals surface area contributed by atoms with E-state index < -0.39 is 0 Å². The lowest BCUT2D eigenvalue weighted by Gasteiger charge is -2.21. The van der Waals surface area contributed by atoms with E-state index in [4.69, 9.17) is 4.74 Å². The van der Waals surface area contributed by atoms with Crippen LogP contribution in [0.2, 0.25) is 0 Å². The monoisotopic (exact) mass is 234 g/mol. The Hall–Kier alpha value is -1.02. The molecule has 1 saturated carbocycles. The summed E-state index contributed by atoms with van der Waals surface area (Å²) in [5.74, 6) is 2.06. The van der Waals surface area contributed by atoms with Gasteiger partial charge in [-0.15, -0.1) is 0 Å². The Kier molecular flexibility index (Phi) is 4.43. The maximum absolute atomic E-state index is 9.52. The molecule has 0 amide bonds. The Morgan fingerprint density at radius 3 is 2.41 bits per heavy atom. The predicted molar refractivity (Wildman–Crippen MR) is 69.2 cm³/mol. The van der Waals surface area contributed by atoms with Crippen LogP contribution in [0.3, 0.4) is 0 Å². The fourth-order valence-electron chi connectivity index (χ4n) is 2.87. The topological polar surface area (TPSA) is 29.5 Å². The van der Waals surface area contributed by atoms with Gasteiger partial charge in [0.05, 0.1) is 7.11 Å². The average molecular weight is 234 g/mol. The van der Waals surface area contributed by atoms with Crippen molar-refractivity contribution < 1.29 is 9.84 Å². The van der Waals surface area contributed by atoms with Crippen LogP contribution in [0, 0.1) is 11.8 Å². The molecule has 0 saturated heterocycles. The summed E-state index contributed by atoms with van der Waals surface area (Å²) in [5, 5.41) is 9.52. The molecular formula is C15H22O2. The number of hydrogen-bond donors (Lipinski definition) is 1. The molecule has 0 spiro atoms. The zero-order chi connectivity index (χ0) is 12.1. The van der Waals surface area contributed by atoms with Crippen molar-refractivity contribution >= 4 is 0 Å². The van der Waals surface area contributed by atoms with Crippen LogP contribution in [-0.4, -0.2) is 18.8 Å². The molecule has 1 aliphatic carbocycles. The van der Waals surface area contributed by atoms with Crippen LogP contribution in [-0.2, 0) is 6.42 Å². The standard InChI is InChI=1S/C15H22O2/c1-17-15-8-6-12(7-9-15)10-14(11-16)13-4-2-3-5-13/h6-9,13-14,16H,2-5,10-11H2,1H3. The van der Waals surface area contributed by atoms with Crippen molar-refractivity contribution in [3.05, 3.63) is 29.8 Å². The summed E-state index contributed by atoms with van der Waals surface area (Å²) in [6, 6.07) is 8.21. The molecule has 0 aliphatic heterocycles.